The van der Waals surface area contributed by atoms with Crippen LogP contribution in [0.3, 0.4) is 0 Å². The largest absolute Gasteiger partial charge is 0.378 e. The first-order chi connectivity index (χ1) is 6.61. The molecule has 0 aromatic carbocycles. The lowest BCUT2D eigenvalue weighted by Gasteiger charge is -2.36. The standard InChI is InChI=1S/C11H24N2O/c1-9(2)7-11(13(3)4)10-8-14-6-5-12-10/h9-12H,5-8H2,1-4H3. The molecule has 0 amide bonds. The summed E-state index contributed by atoms with van der Waals surface area (Å²) in [6.07, 6.45) is 1.23. The van der Waals surface area contributed by atoms with Crippen LogP contribution in [0.4, 0.5) is 0 Å². The van der Waals surface area contributed by atoms with Crippen LogP contribution in [0.25, 0.3) is 0 Å². The highest BCUT2D eigenvalue weighted by Crippen LogP contribution is 2.14. The molecule has 1 heterocycles. The third kappa shape index (κ3) is 3.56. The molecule has 1 aliphatic heterocycles. The third-order valence-corrected chi connectivity index (χ3v) is 2.79. The average Bonchev–Trinajstić information content (AvgIpc) is 2.15. The number of nitrogens with zero attached hydrogens (tertiary/aromatic N) is 1. The van der Waals surface area contributed by atoms with Gasteiger partial charge in [0.2, 0.25) is 0 Å². The fraction of sp³-hybridized carbons (Fsp3) is 1.00. The van der Waals surface area contributed by atoms with Crippen LogP contribution in [-0.4, -0.2) is 50.8 Å². The zero-order valence-electron chi connectivity index (χ0n) is 9.92. The van der Waals surface area contributed by atoms with E-state index in [0.29, 0.717) is 12.1 Å². The Morgan fingerprint density at radius 2 is 2.14 bits per heavy atom. The van der Waals surface area contributed by atoms with E-state index in [4.69, 9.17) is 4.74 Å². The van der Waals surface area contributed by atoms with E-state index in [9.17, 15) is 0 Å². The van der Waals surface area contributed by atoms with Crippen molar-refractivity contribution in [2.45, 2.75) is 32.4 Å². The summed E-state index contributed by atoms with van der Waals surface area (Å²) < 4.78 is 5.51. The maximum atomic E-state index is 5.51. The van der Waals surface area contributed by atoms with E-state index in [1.807, 2.05) is 0 Å². The van der Waals surface area contributed by atoms with Gasteiger partial charge in [0, 0.05) is 18.6 Å². The van der Waals surface area contributed by atoms with Crippen molar-refractivity contribution >= 4 is 0 Å². The molecule has 0 radical (unpaired) electrons. The first-order valence-electron chi connectivity index (χ1n) is 5.58. The van der Waals surface area contributed by atoms with E-state index in [1.54, 1.807) is 0 Å². The Morgan fingerprint density at radius 1 is 1.43 bits per heavy atom. The molecule has 1 fully saturated rings. The van der Waals surface area contributed by atoms with Crippen LogP contribution >= 0.6 is 0 Å². The molecule has 3 heteroatoms. The lowest BCUT2D eigenvalue weighted by atomic mass is 9.96. The van der Waals surface area contributed by atoms with Gasteiger partial charge in [0.05, 0.1) is 13.2 Å². The van der Waals surface area contributed by atoms with Crippen LogP contribution < -0.4 is 5.32 Å². The predicted molar refractivity (Wildman–Crippen MR) is 59.5 cm³/mol. The minimum atomic E-state index is 0.501. The predicted octanol–water partition coefficient (Wildman–Crippen LogP) is 0.951. The van der Waals surface area contributed by atoms with Gasteiger partial charge in [-0.25, -0.2) is 0 Å². The molecule has 1 saturated heterocycles. The Morgan fingerprint density at radius 3 is 2.57 bits per heavy atom. The summed E-state index contributed by atoms with van der Waals surface area (Å²) in [5.41, 5.74) is 0. The average molecular weight is 200 g/mol. The molecule has 0 bridgehead atoms. The molecule has 1 rings (SSSR count). The summed E-state index contributed by atoms with van der Waals surface area (Å²) in [5, 5.41) is 3.54. The van der Waals surface area contributed by atoms with Gasteiger partial charge in [0.1, 0.15) is 0 Å². The van der Waals surface area contributed by atoms with Gasteiger partial charge in [0.15, 0.2) is 0 Å². The summed E-state index contributed by atoms with van der Waals surface area (Å²) in [6, 6.07) is 1.09. The molecular weight excluding hydrogens is 176 g/mol. The summed E-state index contributed by atoms with van der Waals surface area (Å²) in [5.74, 6) is 0.742. The van der Waals surface area contributed by atoms with Gasteiger partial charge in [-0.05, 0) is 26.4 Å². The second-order valence-electron chi connectivity index (χ2n) is 4.80. The Balaban J connectivity index is 2.47. The van der Waals surface area contributed by atoms with Gasteiger partial charge in [-0.15, -0.1) is 0 Å². The summed E-state index contributed by atoms with van der Waals surface area (Å²) in [6.45, 7) is 7.27. The molecule has 0 aromatic heterocycles. The molecular formula is C11H24N2O. The Kier molecular flexibility index (Phi) is 4.85. The van der Waals surface area contributed by atoms with E-state index in [1.165, 1.54) is 6.42 Å². The summed E-state index contributed by atoms with van der Waals surface area (Å²) >= 11 is 0. The number of ether oxygens (including phenoxy) is 1. The molecule has 1 N–H and O–H groups in total. The second-order valence-corrected chi connectivity index (χ2v) is 4.80. The van der Waals surface area contributed by atoms with Crippen LogP contribution in [-0.2, 0) is 4.74 Å². The fourth-order valence-corrected chi connectivity index (χ4v) is 2.05. The molecule has 0 aromatic rings. The quantitative estimate of drug-likeness (QED) is 0.731. The van der Waals surface area contributed by atoms with Gasteiger partial charge in [-0.1, -0.05) is 13.8 Å². The number of nitrogens with one attached hydrogen (secondary N) is 1. The Hall–Kier alpha value is -0.120. The zero-order chi connectivity index (χ0) is 10.6. The van der Waals surface area contributed by atoms with Gasteiger partial charge >= 0.3 is 0 Å². The maximum Gasteiger partial charge on any atom is 0.0635 e. The minimum absolute atomic E-state index is 0.501. The van der Waals surface area contributed by atoms with Crippen molar-refractivity contribution in [1.82, 2.24) is 10.2 Å². The highest BCUT2D eigenvalue weighted by Gasteiger charge is 2.25. The third-order valence-electron chi connectivity index (χ3n) is 2.79. The molecule has 1 aliphatic rings. The summed E-state index contributed by atoms with van der Waals surface area (Å²) in [7, 11) is 4.31. The van der Waals surface area contributed by atoms with Crippen molar-refractivity contribution in [3.63, 3.8) is 0 Å². The van der Waals surface area contributed by atoms with Crippen LogP contribution in [0.15, 0.2) is 0 Å². The fourth-order valence-electron chi connectivity index (χ4n) is 2.05. The molecule has 2 unspecified atom stereocenters. The van der Waals surface area contributed by atoms with Crippen molar-refractivity contribution in [3.8, 4) is 0 Å². The molecule has 0 aliphatic carbocycles. The van der Waals surface area contributed by atoms with Crippen LogP contribution in [0.5, 0.6) is 0 Å². The molecule has 0 spiro atoms. The highest BCUT2D eigenvalue weighted by atomic mass is 16.5. The number of morpholine rings is 1. The number of hydrogen-bond donors (Lipinski definition) is 1. The topological polar surface area (TPSA) is 24.5 Å². The molecule has 3 nitrogen and oxygen atoms in total. The first kappa shape index (κ1) is 12.0. The number of hydrogen-bond acceptors (Lipinski definition) is 3. The smallest absolute Gasteiger partial charge is 0.0635 e. The van der Waals surface area contributed by atoms with Crippen LogP contribution in [0, 0.1) is 5.92 Å². The minimum Gasteiger partial charge on any atom is -0.378 e. The Bertz CT molecular complexity index is 153. The van der Waals surface area contributed by atoms with E-state index in [2.05, 4.69) is 38.2 Å². The van der Waals surface area contributed by atoms with E-state index in [-0.39, 0.29) is 0 Å². The van der Waals surface area contributed by atoms with Crippen molar-refractivity contribution in [2.24, 2.45) is 5.92 Å². The van der Waals surface area contributed by atoms with Crippen molar-refractivity contribution < 1.29 is 4.74 Å². The van der Waals surface area contributed by atoms with Gasteiger partial charge < -0.3 is 15.0 Å². The monoisotopic (exact) mass is 200 g/mol. The SMILES string of the molecule is CC(C)CC(C1COCCN1)N(C)C. The van der Waals surface area contributed by atoms with Gasteiger partial charge in [-0.3, -0.25) is 0 Å². The number of rotatable bonds is 4. The maximum absolute atomic E-state index is 5.51. The number of likely N-dealkylation sites (N-methyl/N-ethyl adjacent to an activating group) is 1. The van der Waals surface area contributed by atoms with Crippen molar-refractivity contribution in [2.75, 3.05) is 33.9 Å². The molecule has 84 valence electrons. The zero-order valence-corrected chi connectivity index (χ0v) is 9.92. The van der Waals surface area contributed by atoms with Gasteiger partial charge in [0.25, 0.3) is 0 Å². The van der Waals surface area contributed by atoms with Crippen molar-refractivity contribution in [3.05, 3.63) is 0 Å². The van der Waals surface area contributed by atoms with E-state index < -0.39 is 0 Å². The highest BCUT2D eigenvalue weighted by molar-refractivity contribution is 4.84. The van der Waals surface area contributed by atoms with Crippen LogP contribution in [0.2, 0.25) is 0 Å². The first-order valence-corrected chi connectivity index (χ1v) is 5.58. The second kappa shape index (κ2) is 5.69. The van der Waals surface area contributed by atoms with E-state index in [0.717, 1.165) is 25.7 Å². The van der Waals surface area contributed by atoms with E-state index >= 15 is 0 Å². The van der Waals surface area contributed by atoms with Gasteiger partial charge in [-0.2, -0.15) is 0 Å². The normalized spacial score (nSPS) is 25.7. The van der Waals surface area contributed by atoms with Crippen molar-refractivity contribution in [1.29, 1.82) is 0 Å². The van der Waals surface area contributed by atoms with Crippen LogP contribution in [0.1, 0.15) is 20.3 Å². The lowest BCUT2D eigenvalue weighted by Crippen LogP contribution is -2.54. The molecule has 14 heavy (non-hydrogen) atoms. The Labute approximate surface area is 87.8 Å². The molecule has 2 atom stereocenters. The molecule has 0 saturated carbocycles. The summed E-state index contributed by atoms with van der Waals surface area (Å²) in [4.78, 5) is 2.31. The lowest BCUT2D eigenvalue weighted by molar-refractivity contribution is 0.0413.